The number of carbonyl (C=O) groups is 1. The van der Waals surface area contributed by atoms with Crippen LogP contribution in [0, 0.1) is 0 Å². The molecule has 0 unspecified atom stereocenters. The van der Waals surface area contributed by atoms with Crippen molar-refractivity contribution < 1.29 is 9.90 Å². The minimum absolute atomic E-state index is 0.262. The number of carboxylic acid groups (broad SMARTS) is 1. The Kier molecular flexibility index (Phi) is 4.01. The molecule has 0 aliphatic carbocycles. The minimum atomic E-state index is -0.920. The molecule has 54 valence electrons. The Balaban J connectivity index is 4.41. The topological polar surface area (TPSA) is 37.3 Å². The van der Waals surface area contributed by atoms with E-state index in [2.05, 4.69) is 5.73 Å². The van der Waals surface area contributed by atoms with E-state index in [1.165, 1.54) is 12.2 Å². The van der Waals surface area contributed by atoms with Gasteiger partial charge in [0.15, 0.2) is 0 Å². The third-order valence-electron chi connectivity index (χ3n) is 0.963. The van der Waals surface area contributed by atoms with Gasteiger partial charge in [-0.05, 0) is 26.0 Å². The summed E-state index contributed by atoms with van der Waals surface area (Å²) in [7, 11) is 0. The second kappa shape index (κ2) is 4.59. The van der Waals surface area contributed by atoms with Crippen LogP contribution in [-0.4, -0.2) is 11.1 Å². The predicted molar refractivity (Wildman–Crippen MR) is 39.7 cm³/mol. The van der Waals surface area contributed by atoms with Crippen molar-refractivity contribution in [2.45, 2.75) is 13.8 Å². The number of aliphatic carboxylic acids is 1. The Labute approximate surface area is 60.2 Å². The molecule has 0 saturated carbocycles. The molecule has 0 aliphatic heterocycles. The molecule has 0 aromatic carbocycles. The summed E-state index contributed by atoms with van der Waals surface area (Å²) in [6.45, 7) is 3.46. The third-order valence-corrected chi connectivity index (χ3v) is 0.963. The zero-order valence-electron chi connectivity index (χ0n) is 6.09. The summed E-state index contributed by atoms with van der Waals surface area (Å²) in [5.41, 5.74) is 2.94. The summed E-state index contributed by atoms with van der Waals surface area (Å²) in [5.74, 6) is -0.920. The molecule has 0 heterocycles. The molecule has 0 bridgehead atoms. The van der Waals surface area contributed by atoms with Crippen LogP contribution in [-0.2, 0) is 4.79 Å². The fourth-order valence-electron chi connectivity index (χ4n) is 0.442. The lowest BCUT2D eigenvalue weighted by atomic mass is 10.2. The number of hydrogen-bond acceptors (Lipinski definition) is 1. The summed E-state index contributed by atoms with van der Waals surface area (Å²) < 4.78 is 0. The summed E-state index contributed by atoms with van der Waals surface area (Å²) in [4.78, 5) is 10.3. The highest BCUT2D eigenvalue weighted by atomic mass is 16.4. The van der Waals surface area contributed by atoms with Gasteiger partial charge >= 0.3 is 5.97 Å². The molecule has 1 N–H and O–H groups in total. The SMILES string of the molecule is CC=C=CC(=CC)C(=O)O. The summed E-state index contributed by atoms with van der Waals surface area (Å²) in [6, 6.07) is 0. The Morgan fingerprint density at radius 1 is 1.50 bits per heavy atom. The van der Waals surface area contributed by atoms with Gasteiger partial charge in [-0.15, -0.1) is 5.73 Å². The van der Waals surface area contributed by atoms with Crippen molar-refractivity contribution in [1.29, 1.82) is 0 Å². The molecular formula is C8H10O2. The van der Waals surface area contributed by atoms with E-state index in [-0.39, 0.29) is 5.57 Å². The first-order valence-electron chi connectivity index (χ1n) is 2.99. The molecule has 0 spiro atoms. The second-order valence-electron chi connectivity index (χ2n) is 1.65. The number of hydrogen-bond donors (Lipinski definition) is 1. The van der Waals surface area contributed by atoms with Crippen molar-refractivity contribution in [3.8, 4) is 0 Å². The predicted octanol–water partition coefficient (Wildman–Crippen LogP) is 1.75. The molecule has 0 fully saturated rings. The van der Waals surface area contributed by atoms with E-state index in [0.717, 1.165) is 0 Å². The highest BCUT2D eigenvalue weighted by Gasteiger charge is 1.98. The lowest BCUT2D eigenvalue weighted by molar-refractivity contribution is -0.132. The monoisotopic (exact) mass is 138 g/mol. The number of allylic oxidation sites excluding steroid dienone is 1. The molecule has 0 rings (SSSR count). The van der Waals surface area contributed by atoms with Crippen LogP contribution in [0.1, 0.15) is 13.8 Å². The lowest BCUT2D eigenvalue weighted by Crippen LogP contribution is -1.95. The highest BCUT2D eigenvalue weighted by Crippen LogP contribution is 1.94. The third kappa shape index (κ3) is 2.90. The molecule has 10 heavy (non-hydrogen) atoms. The smallest absolute Gasteiger partial charge is 0.335 e. The maximum Gasteiger partial charge on any atom is 0.335 e. The van der Waals surface area contributed by atoms with Gasteiger partial charge in [0.05, 0.1) is 5.57 Å². The molecule has 0 amide bonds. The molecule has 2 nitrogen and oxygen atoms in total. The van der Waals surface area contributed by atoms with Crippen molar-refractivity contribution in [2.75, 3.05) is 0 Å². The first kappa shape index (κ1) is 8.73. The van der Waals surface area contributed by atoms with E-state index in [1.807, 2.05) is 0 Å². The van der Waals surface area contributed by atoms with Crippen molar-refractivity contribution in [3.63, 3.8) is 0 Å². The van der Waals surface area contributed by atoms with Crippen molar-refractivity contribution in [3.05, 3.63) is 29.5 Å². The zero-order valence-corrected chi connectivity index (χ0v) is 6.09. The van der Waals surface area contributed by atoms with E-state index in [9.17, 15) is 4.79 Å². The molecule has 0 atom stereocenters. The lowest BCUT2D eigenvalue weighted by Gasteiger charge is -1.86. The van der Waals surface area contributed by atoms with Crippen LogP contribution in [0.3, 0.4) is 0 Å². The van der Waals surface area contributed by atoms with Crippen LogP contribution < -0.4 is 0 Å². The fourth-order valence-corrected chi connectivity index (χ4v) is 0.442. The molecule has 2 heteroatoms. The van der Waals surface area contributed by atoms with Gasteiger partial charge in [-0.25, -0.2) is 4.79 Å². The van der Waals surface area contributed by atoms with Gasteiger partial charge in [-0.3, -0.25) is 0 Å². The highest BCUT2D eigenvalue weighted by molar-refractivity contribution is 5.89. The number of rotatable bonds is 2. The summed E-state index contributed by atoms with van der Waals surface area (Å²) in [5, 5.41) is 8.45. The average molecular weight is 138 g/mol. The Bertz CT molecular complexity index is 205. The van der Waals surface area contributed by atoms with Gasteiger partial charge < -0.3 is 5.11 Å². The minimum Gasteiger partial charge on any atom is -0.478 e. The van der Waals surface area contributed by atoms with Gasteiger partial charge in [0.1, 0.15) is 0 Å². The molecule has 0 aromatic heterocycles. The zero-order chi connectivity index (χ0) is 7.98. The van der Waals surface area contributed by atoms with Gasteiger partial charge in [0.2, 0.25) is 0 Å². The molecule has 0 radical (unpaired) electrons. The molecule has 0 aromatic rings. The van der Waals surface area contributed by atoms with Crippen LogP contribution in [0.5, 0.6) is 0 Å². The first-order chi connectivity index (χ1) is 4.72. The van der Waals surface area contributed by atoms with Crippen molar-refractivity contribution >= 4 is 5.97 Å². The van der Waals surface area contributed by atoms with Crippen LogP contribution in [0.15, 0.2) is 29.5 Å². The van der Waals surface area contributed by atoms with E-state index in [0.29, 0.717) is 0 Å². The standard InChI is InChI=1S/C8H10O2/c1-3-5-6-7(4-2)8(9)10/h3-4,6H,1-2H3,(H,9,10). The van der Waals surface area contributed by atoms with Crippen LogP contribution in [0.4, 0.5) is 0 Å². The number of carboxylic acids is 1. The van der Waals surface area contributed by atoms with E-state index in [4.69, 9.17) is 5.11 Å². The van der Waals surface area contributed by atoms with Gasteiger partial charge in [0, 0.05) is 0 Å². The van der Waals surface area contributed by atoms with Crippen LogP contribution in [0.25, 0.3) is 0 Å². The van der Waals surface area contributed by atoms with E-state index >= 15 is 0 Å². The van der Waals surface area contributed by atoms with E-state index in [1.54, 1.807) is 19.9 Å². The normalized spacial score (nSPS) is 10.0. The largest absolute Gasteiger partial charge is 0.478 e. The maximum atomic E-state index is 10.3. The second-order valence-corrected chi connectivity index (χ2v) is 1.65. The Morgan fingerprint density at radius 2 is 2.10 bits per heavy atom. The van der Waals surface area contributed by atoms with Crippen molar-refractivity contribution in [2.24, 2.45) is 0 Å². The maximum absolute atomic E-state index is 10.3. The van der Waals surface area contributed by atoms with Gasteiger partial charge in [-0.1, -0.05) is 6.08 Å². The Morgan fingerprint density at radius 3 is 2.40 bits per heavy atom. The van der Waals surface area contributed by atoms with Gasteiger partial charge in [0.25, 0.3) is 0 Å². The van der Waals surface area contributed by atoms with Gasteiger partial charge in [-0.2, -0.15) is 0 Å². The van der Waals surface area contributed by atoms with Crippen LogP contribution >= 0.6 is 0 Å². The fraction of sp³-hybridized carbons (Fsp3) is 0.250. The first-order valence-corrected chi connectivity index (χ1v) is 2.99. The molecule has 0 aliphatic rings. The van der Waals surface area contributed by atoms with E-state index < -0.39 is 5.97 Å². The Hall–Kier alpha value is -1.27. The summed E-state index contributed by atoms with van der Waals surface area (Å²) in [6.07, 6.45) is 4.62. The average Bonchev–Trinajstić information content (AvgIpc) is 1.89. The van der Waals surface area contributed by atoms with Crippen LogP contribution in [0.2, 0.25) is 0 Å². The quantitative estimate of drug-likeness (QED) is 0.358. The molecular weight excluding hydrogens is 128 g/mol. The van der Waals surface area contributed by atoms with Crippen molar-refractivity contribution in [1.82, 2.24) is 0 Å². The molecule has 0 saturated heterocycles. The summed E-state index contributed by atoms with van der Waals surface area (Å²) >= 11 is 0.